The molecule has 31 heavy (non-hydrogen) atoms. The van der Waals surface area contributed by atoms with Crippen molar-refractivity contribution in [3.8, 4) is 0 Å². The van der Waals surface area contributed by atoms with E-state index >= 15 is 0 Å². The van der Waals surface area contributed by atoms with Gasteiger partial charge in [0.25, 0.3) is 0 Å². The molecule has 0 atom stereocenters. The Morgan fingerprint density at radius 3 is 1.26 bits per heavy atom. The van der Waals surface area contributed by atoms with Crippen molar-refractivity contribution in [1.29, 1.82) is 0 Å². The third-order valence-corrected chi connectivity index (χ3v) is 4.50. The lowest BCUT2D eigenvalue weighted by Crippen LogP contribution is -2.19. The molecule has 0 spiro atoms. The van der Waals surface area contributed by atoms with Gasteiger partial charge in [0.05, 0.1) is 39.6 Å². The monoisotopic (exact) mass is 448 g/mol. The van der Waals surface area contributed by atoms with Gasteiger partial charge in [-0.3, -0.25) is 9.59 Å². The molecule has 0 N–H and O–H groups in total. The second-order valence-electron chi connectivity index (χ2n) is 7.28. The average Bonchev–Trinajstić information content (AvgIpc) is 2.76. The largest absolute Gasteiger partial charge is 0.463 e. The maximum absolute atomic E-state index is 11.9. The Balaban J connectivity index is 3.64. The highest BCUT2D eigenvalue weighted by atomic mass is 16.6. The number of rotatable bonds is 23. The lowest BCUT2D eigenvalue weighted by molar-refractivity contribution is -0.149. The first kappa shape index (κ1) is 29.8. The molecule has 0 heterocycles. The van der Waals surface area contributed by atoms with Crippen molar-refractivity contribution in [2.45, 2.75) is 65.7 Å². The Morgan fingerprint density at radius 1 is 0.548 bits per heavy atom. The summed E-state index contributed by atoms with van der Waals surface area (Å²) in [5.74, 6) is -0.747. The van der Waals surface area contributed by atoms with E-state index in [1.807, 2.05) is 6.92 Å². The SMILES string of the molecule is CCCCOCCOCCOC(=O)CC(CC)CC(=O)OCCOCCOCCCC. The minimum atomic E-state index is -0.325. The maximum Gasteiger partial charge on any atom is 0.306 e. The predicted octanol–water partition coefficient (Wildman–Crippen LogP) is 3.55. The van der Waals surface area contributed by atoms with Crippen LogP contribution in [0.2, 0.25) is 0 Å². The molecule has 0 saturated carbocycles. The van der Waals surface area contributed by atoms with Crippen LogP contribution in [0.25, 0.3) is 0 Å². The minimum absolute atomic E-state index is 0.0965. The molecular formula is C23H44O8. The van der Waals surface area contributed by atoms with Gasteiger partial charge in [0.15, 0.2) is 0 Å². The number of unbranched alkanes of at least 4 members (excludes halogenated alkanes) is 2. The predicted molar refractivity (Wildman–Crippen MR) is 118 cm³/mol. The topological polar surface area (TPSA) is 89.5 Å². The molecule has 8 heteroatoms. The zero-order chi connectivity index (χ0) is 23.0. The highest BCUT2D eigenvalue weighted by Gasteiger charge is 2.18. The molecule has 0 aromatic heterocycles. The van der Waals surface area contributed by atoms with Crippen LogP contribution in [0.5, 0.6) is 0 Å². The van der Waals surface area contributed by atoms with E-state index in [2.05, 4.69) is 13.8 Å². The molecule has 0 amide bonds. The van der Waals surface area contributed by atoms with Crippen LogP contribution in [0.15, 0.2) is 0 Å². The molecule has 0 rings (SSSR count). The molecule has 0 radical (unpaired) electrons. The number of carbonyl (C=O) groups excluding carboxylic acids is 2. The fourth-order valence-electron chi connectivity index (χ4n) is 2.52. The van der Waals surface area contributed by atoms with Gasteiger partial charge in [0, 0.05) is 26.1 Å². The number of carbonyl (C=O) groups is 2. The van der Waals surface area contributed by atoms with Gasteiger partial charge in [0.1, 0.15) is 13.2 Å². The Labute approximate surface area is 188 Å². The highest BCUT2D eigenvalue weighted by Crippen LogP contribution is 2.15. The first-order chi connectivity index (χ1) is 15.1. The summed E-state index contributed by atoms with van der Waals surface area (Å²) >= 11 is 0. The summed E-state index contributed by atoms with van der Waals surface area (Å²) in [6.07, 6.45) is 5.39. The van der Waals surface area contributed by atoms with Crippen molar-refractivity contribution in [3.05, 3.63) is 0 Å². The van der Waals surface area contributed by atoms with E-state index in [1.54, 1.807) is 0 Å². The first-order valence-electron chi connectivity index (χ1n) is 11.8. The third kappa shape index (κ3) is 21.8. The minimum Gasteiger partial charge on any atom is -0.463 e. The van der Waals surface area contributed by atoms with Crippen molar-refractivity contribution in [1.82, 2.24) is 0 Å². The number of esters is 2. The van der Waals surface area contributed by atoms with Crippen LogP contribution in [0.1, 0.15) is 65.7 Å². The quantitative estimate of drug-likeness (QED) is 0.173. The van der Waals surface area contributed by atoms with Gasteiger partial charge in [-0.25, -0.2) is 0 Å². The molecule has 0 unspecified atom stereocenters. The van der Waals surface area contributed by atoms with Crippen LogP contribution in [-0.2, 0) is 38.0 Å². The van der Waals surface area contributed by atoms with Crippen LogP contribution in [-0.4, -0.2) is 78.0 Å². The van der Waals surface area contributed by atoms with Crippen LogP contribution >= 0.6 is 0 Å². The van der Waals surface area contributed by atoms with Gasteiger partial charge >= 0.3 is 11.9 Å². The van der Waals surface area contributed by atoms with Crippen molar-refractivity contribution >= 4 is 11.9 Å². The van der Waals surface area contributed by atoms with Crippen molar-refractivity contribution in [2.75, 3.05) is 66.1 Å². The van der Waals surface area contributed by atoms with E-state index in [0.29, 0.717) is 46.1 Å². The number of hydrogen-bond acceptors (Lipinski definition) is 8. The normalized spacial score (nSPS) is 11.1. The van der Waals surface area contributed by atoms with Gasteiger partial charge in [-0.05, 0) is 18.8 Å². The summed E-state index contributed by atoms with van der Waals surface area (Å²) in [4.78, 5) is 23.9. The summed E-state index contributed by atoms with van der Waals surface area (Å²) in [6, 6.07) is 0. The van der Waals surface area contributed by atoms with Gasteiger partial charge in [-0.2, -0.15) is 0 Å². The molecular weight excluding hydrogens is 404 g/mol. The molecule has 184 valence electrons. The highest BCUT2D eigenvalue weighted by molar-refractivity contribution is 5.73. The van der Waals surface area contributed by atoms with E-state index in [4.69, 9.17) is 28.4 Å². The van der Waals surface area contributed by atoms with E-state index < -0.39 is 0 Å². The van der Waals surface area contributed by atoms with Crippen LogP contribution in [0, 0.1) is 5.92 Å². The summed E-state index contributed by atoms with van der Waals surface area (Å²) in [5.41, 5.74) is 0. The molecule has 0 bridgehead atoms. The van der Waals surface area contributed by atoms with Gasteiger partial charge in [-0.1, -0.05) is 40.0 Å². The van der Waals surface area contributed by atoms with Crippen molar-refractivity contribution < 1.29 is 38.0 Å². The van der Waals surface area contributed by atoms with Gasteiger partial charge in [-0.15, -0.1) is 0 Å². The molecule has 0 fully saturated rings. The molecule has 8 nitrogen and oxygen atoms in total. The first-order valence-corrected chi connectivity index (χ1v) is 11.8. The Bertz CT molecular complexity index is 380. The second-order valence-corrected chi connectivity index (χ2v) is 7.28. The summed E-state index contributed by atoms with van der Waals surface area (Å²) < 4.78 is 31.8. The standard InChI is InChI=1S/C23H44O8/c1-4-7-9-26-11-13-28-15-17-30-22(24)19-21(6-3)20-23(25)31-18-16-29-14-12-27-10-8-5-2/h21H,4-20H2,1-3H3. The van der Waals surface area contributed by atoms with Crippen LogP contribution in [0.3, 0.4) is 0 Å². The Morgan fingerprint density at radius 2 is 0.903 bits per heavy atom. The Kier molecular flexibility index (Phi) is 22.5. The zero-order valence-electron chi connectivity index (χ0n) is 19.9. The van der Waals surface area contributed by atoms with Gasteiger partial charge < -0.3 is 28.4 Å². The summed E-state index contributed by atoms with van der Waals surface area (Å²) in [6.45, 7) is 10.8. The molecule has 0 aliphatic heterocycles. The molecule has 0 aromatic carbocycles. The maximum atomic E-state index is 11.9. The van der Waals surface area contributed by atoms with Crippen molar-refractivity contribution in [3.63, 3.8) is 0 Å². The smallest absolute Gasteiger partial charge is 0.306 e. The Hall–Kier alpha value is -1.22. The van der Waals surface area contributed by atoms with Crippen molar-refractivity contribution in [2.24, 2.45) is 5.92 Å². The molecule has 0 aliphatic carbocycles. The fraction of sp³-hybridized carbons (Fsp3) is 0.913. The van der Waals surface area contributed by atoms with Gasteiger partial charge in [0.2, 0.25) is 0 Å². The average molecular weight is 449 g/mol. The molecule has 0 aromatic rings. The van der Waals surface area contributed by atoms with E-state index in [-0.39, 0.29) is 43.9 Å². The van der Waals surface area contributed by atoms with E-state index in [9.17, 15) is 9.59 Å². The second kappa shape index (κ2) is 23.4. The number of hydrogen-bond donors (Lipinski definition) is 0. The van der Waals surface area contributed by atoms with Crippen LogP contribution in [0.4, 0.5) is 0 Å². The lowest BCUT2D eigenvalue weighted by Gasteiger charge is -2.14. The van der Waals surface area contributed by atoms with E-state index in [1.165, 1.54) is 0 Å². The lowest BCUT2D eigenvalue weighted by atomic mass is 9.99. The zero-order valence-corrected chi connectivity index (χ0v) is 19.9. The van der Waals surface area contributed by atoms with E-state index in [0.717, 1.165) is 38.9 Å². The third-order valence-electron chi connectivity index (χ3n) is 4.50. The number of ether oxygens (including phenoxy) is 6. The fourth-order valence-corrected chi connectivity index (χ4v) is 2.52. The summed E-state index contributed by atoms with van der Waals surface area (Å²) in [5, 5.41) is 0. The molecule has 0 saturated heterocycles. The summed E-state index contributed by atoms with van der Waals surface area (Å²) in [7, 11) is 0. The molecule has 0 aliphatic rings. The van der Waals surface area contributed by atoms with Crippen LogP contribution < -0.4 is 0 Å².